The van der Waals surface area contributed by atoms with Crippen molar-refractivity contribution in [1.29, 1.82) is 0 Å². The van der Waals surface area contributed by atoms with Gasteiger partial charge in [-0.1, -0.05) is 58.1 Å². The number of likely N-dealkylation sites (tertiary alicyclic amines) is 1. The van der Waals surface area contributed by atoms with Crippen molar-refractivity contribution in [1.82, 2.24) is 4.90 Å². The molecule has 1 heterocycles. The molecule has 2 rings (SSSR count). The van der Waals surface area contributed by atoms with Crippen LogP contribution in [0.25, 0.3) is 0 Å². The quantitative estimate of drug-likeness (QED) is 0.758. The van der Waals surface area contributed by atoms with Gasteiger partial charge in [0.2, 0.25) is 0 Å². The molecule has 0 aromatic heterocycles. The SMILES string of the molecule is S=C(SCc1ccccc1Br)N1CCCC1. The highest BCUT2D eigenvalue weighted by atomic mass is 79.9. The summed E-state index contributed by atoms with van der Waals surface area (Å²) in [6.07, 6.45) is 2.57. The van der Waals surface area contributed by atoms with Gasteiger partial charge in [-0.25, -0.2) is 0 Å². The van der Waals surface area contributed by atoms with E-state index < -0.39 is 0 Å². The van der Waals surface area contributed by atoms with Crippen LogP contribution in [0.5, 0.6) is 0 Å². The van der Waals surface area contributed by atoms with E-state index in [1.54, 1.807) is 11.8 Å². The Bertz CT molecular complexity index is 375. The Morgan fingerprint density at radius 1 is 1.31 bits per heavy atom. The van der Waals surface area contributed by atoms with Gasteiger partial charge in [0.05, 0.1) is 0 Å². The van der Waals surface area contributed by atoms with Crippen LogP contribution in [0.15, 0.2) is 28.7 Å². The van der Waals surface area contributed by atoms with Gasteiger partial charge in [-0.05, 0) is 24.5 Å². The Morgan fingerprint density at radius 3 is 2.69 bits per heavy atom. The highest BCUT2D eigenvalue weighted by molar-refractivity contribution is 9.10. The zero-order chi connectivity index (χ0) is 11.4. The molecule has 4 heteroatoms. The van der Waals surface area contributed by atoms with Crippen molar-refractivity contribution in [3.8, 4) is 0 Å². The highest BCUT2D eigenvalue weighted by Crippen LogP contribution is 2.24. The normalized spacial score (nSPS) is 15.4. The summed E-state index contributed by atoms with van der Waals surface area (Å²) in [6.45, 7) is 2.28. The fourth-order valence-electron chi connectivity index (χ4n) is 1.75. The van der Waals surface area contributed by atoms with Gasteiger partial charge in [0.1, 0.15) is 4.32 Å². The fraction of sp³-hybridized carbons (Fsp3) is 0.417. The number of thiocarbonyl (C=S) groups is 1. The van der Waals surface area contributed by atoms with Crippen LogP contribution in [0.3, 0.4) is 0 Å². The molecule has 1 aromatic rings. The standard InChI is InChI=1S/C12H14BrNS2/c13-11-6-2-1-5-10(11)9-16-12(15)14-7-3-4-8-14/h1-2,5-6H,3-4,7-9H2. The summed E-state index contributed by atoms with van der Waals surface area (Å²) >= 11 is 10.8. The molecule has 1 nitrogen and oxygen atoms in total. The van der Waals surface area contributed by atoms with Crippen molar-refractivity contribution in [2.75, 3.05) is 13.1 Å². The first-order valence-corrected chi connectivity index (χ1v) is 7.61. The van der Waals surface area contributed by atoms with Gasteiger partial charge in [-0.15, -0.1) is 0 Å². The molecule has 0 unspecified atom stereocenters. The van der Waals surface area contributed by atoms with Gasteiger partial charge in [0.25, 0.3) is 0 Å². The summed E-state index contributed by atoms with van der Waals surface area (Å²) < 4.78 is 2.22. The molecule has 86 valence electrons. The van der Waals surface area contributed by atoms with Crippen LogP contribution in [0.2, 0.25) is 0 Å². The first kappa shape index (κ1) is 12.4. The van der Waals surface area contributed by atoms with E-state index in [4.69, 9.17) is 12.2 Å². The molecule has 0 N–H and O–H groups in total. The van der Waals surface area contributed by atoms with Crippen molar-refractivity contribution >= 4 is 44.2 Å². The molecule has 0 aliphatic carbocycles. The predicted octanol–water partition coefficient (Wildman–Crippen LogP) is 4.06. The van der Waals surface area contributed by atoms with Gasteiger partial charge in [0, 0.05) is 23.3 Å². The van der Waals surface area contributed by atoms with Crippen LogP contribution in [0.1, 0.15) is 18.4 Å². The number of nitrogens with zero attached hydrogens (tertiary/aromatic N) is 1. The minimum absolute atomic E-state index is 0.955. The van der Waals surface area contributed by atoms with Gasteiger partial charge in [-0.3, -0.25) is 0 Å². The van der Waals surface area contributed by atoms with Gasteiger partial charge in [-0.2, -0.15) is 0 Å². The van der Waals surface area contributed by atoms with E-state index in [1.165, 1.54) is 22.9 Å². The Kier molecular flexibility index (Phi) is 4.67. The van der Waals surface area contributed by atoms with Crippen LogP contribution >= 0.6 is 39.9 Å². The summed E-state index contributed by atoms with van der Waals surface area (Å²) in [7, 11) is 0. The maximum absolute atomic E-state index is 5.43. The van der Waals surface area contributed by atoms with E-state index in [0.717, 1.165) is 23.2 Å². The number of halogens is 1. The third-order valence-electron chi connectivity index (χ3n) is 2.67. The summed E-state index contributed by atoms with van der Waals surface area (Å²) in [5.74, 6) is 0.955. The highest BCUT2D eigenvalue weighted by Gasteiger charge is 2.15. The molecule has 16 heavy (non-hydrogen) atoms. The summed E-state index contributed by atoms with van der Waals surface area (Å²) in [5.41, 5.74) is 1.31. The average Bonchev–Trinajstić information content (AvgIpc) is 2.81. The minimum atomic E-state index is 0.955. The zero-order valence-electron chi connectivity index (χ0n) is 8.99. The largest absolute Gasteiger partial charge is 0.358 e. The van der Waals surface area contributed by atoms with Gasteiger partial charge < -0.3 is 4.90 Å². The molecule has 1 aromatic carbocycles. The van der Waals surface area contributed by atoms with Crippen LogP contribution < -0.4 is 0 Å². The second-order valence-corrected chi connectivity index (χ2v) is 6.30. The minimum Gasteiger partial charge on any atom is -0.358 e. The Labute approximate surface area is 115 Å². The lowest BCUT2D eigenvalue weighted by atomic mass is 10.2. The molecular formula is C12H14BrNS2. The Balaban J connectivity index is 1.87. The molecule has 1 aliphatic rings. The van der Waals surface area contributed by atoms with E-state index in [1.807, 2.05) is 6.07 Å². The maximum Gasteiger partial charge on any atom is 0.136 e. The van der Waals surface area contributed by atoms with E-state index in [2.05, 4.69) is 39.0 Å². The average molecular weight is 316 g/mol. The monoisotopic (exact) mass is 315 g/mol. The summed E-state index contributed by atoms with van der Waals surface area (Å²) in [5, 5.41) is 0. The summed E-state index contributed by atoms with van der Waals surface area (Å²) in [6, 6.07) is 8.33. The molecule has 0 spiro atoms. The van der Waals surface area contributed by atoms with Crippen molar-refractivity contribution in [3.05, 3.63) is 34.3 Å². The topological polar surface area (TPSA) is 3.24 Å². The maximum atomic E-state index is 5.43. The van der Waals surface area contributed by atoms with Crippen molar-refractivity contribution in [2.24, 2.45) is 0 Å². The summed E-state index contributed by atoms with van der Waals surface area (Å²) in [4.78, 5) is 2.32. The zero-order valence-corrected chi connectivity index (χ0v) is 12.2. The van der Waals surface area contributed by atoms with Crippen molar-refractivity contribution in [2.45, 2.75) is 18.6 Å². The number of rotatable bonds is 2. The fourth-order valence-corrected chi connectivity index (χ4v) is 3.61. The van der Waals surface area contributed by atoms with E-state index >= 15 is 0 Å². The first-order chi connectivity index (χ1) is 7.77. The van der Waals surface area contributed by atoms with Crippen LogP contribution in [-0.4, -0.2) is 22.3 Å². The molecule has 1 aliphatic heterocycles. The van der Waals surface area contributed by atoms with Crippen LogP contribution in [0.4, 0.5) is 0 Å². The Morgan fingerprint density at radius 2 is 2.00 bits per heavy atom. The Hall–Kier alpha value is -0.0600. The third-order valence-corrected chi connectivity index (χ3v) is 5.02. The lowest BCUT2D eigenvalue weighted by Crippen LogP contribution is -2.23. The molecular weight excluding hydrogens is 302 g/mol. The van der Waals surface area contributed by atoms with Crippen LogP contribution in [0, 0.1) is 0 Å². The molecule has 0 amide bonds. The van der Waals surface area contributed by atoms with Crippen LogP contribution in [-0.2, 0) is 5.75 Å². The van der Waals surface area contributed by atoms with E-state index in [-0.39, 0.29) is 0 Å². The predicted molar refractivity (Wildman–Crippen MR) is 78.8 cm³/mol. The third kappa shape index (κ3) is 3.22. The second kappa shape index (κ2) is 6.03. The molecule has 0 radical (unpaired) electrons. The van der Waals surface area contributed by atoms with Crippen molar-refractivity contribution < 1.29 is 0 Å². The molecule has 1 saturated heterocycles. The molecule has 0 bridgehead atoms. The second-order valence-electron chi connectivity index (χ2n) is 3.84. The van der Waals surface area contributed by atoms with Gasteiger partial charge in [0.15, 0.2) is 0 Å². The molecule has 0 atom stereocenters. The smallest absolute Gasteiger partial charge is 0.136 e. The van der Waals surface area contributed by atoms with Crippen molar-refractivity contribution in [3.63, 3.8) is 0 Å². The molecule has 1 fully saturated rings. The van der Waals surface area contributed by atoms with E-state index in [9.17, 15) is 0 Å². The lowest BCUT2D eigenvalue weighted by molar-refractivity contribution is 0.539. The lowest BCUT2D eigenvalue weighted by Gasteiger charge is -2.17. The number of thioether (sulfide) groups is 1. The first-order valence-electron chi connectivity index (χ1n) is 5.42. The number of benzene rings is 1. The molecule has 0 saturated carbocycles. The van der Waals surface area contributed by atoms with E-state index in [0.29, 0.717) is 0 Å². The number of hydrogen-bond donors (Lipinski definition) is 0. The number of hydrogen-bond acceptors (Lipinski definition) is 2. The van der Waals surface area contributed by atoms with Gasteiger partial charge >= 0.3 is 0 Å².